The second kappa shape index (κ2) is 7.37. The number of ether oxygens (including phenoxy) is 1. The van der Waals surface area contributed by atoms with Gasteiger partial charge in [0.05, 0.1) is 6.61 Å². The Kier molecular flexibility index (Phi) is 5.97. The summed E-state index contributed by atoms with van der Waals surface area (Å²) in [5.74, 6) is 0. The molecule has 1 aromatic rings. The first kappa shape index (κ1) is 12.1. The molecule has 1 aromatic heterocycles. The molecule has 0 saturated carbocycles. The largest absolute Gasteiger partial charge is 0.383 e. The van der Waals surface area contributed by atoms with Crippen LogP contribution in [0.15, 0.2) is 18.3 Å². The fourth-order valence-electron chi connectivity index (χ4n) is 1.33. The maximum atomic E-state index is 4.95. The fraction of sp³-hybridized carbons (Fsp3) is 0.583. The SMILES string of the molecule is CCc1ccc(CCNCCOC)nc1. The molecule has 0 aromatic carbocycles. The molecule has 0 bridgehead atoms. The van der Waals surface area contributed by atoms with Gasteiger partial charge in [-0.15, -0.1) is 0 Å². The van der Waals surface area contributed by atoms with Crippen molar-refractivity contribution in [2.45, 2.75) is 19.8 Å². The number of methoxy groups -OCH3 is 1. The van der Waals surface area contributed by atoms with Crippen LogP contribution in [0.3, 0.4) is 0 Å². The lowest BCUT2D eigenvalue weighted by Gasteiger charge is -2.04. The maximum Gasteiger partial charge on any atom is 0.0587 e. The summed E-state index contributed by atoms with van der Waals surface area (Å²) in [4.78, 5) is 4.40. The Bertz CT molecular complexity index is 259. The molecule has 3 nitrogen and oxygen atoms in total. The van der Waals surface area contributed by atoms with E-state index in [1.54, 1.807) is 7.11 Å². The lowest BCUT2D eigenvalue weighted by atomic mass is 10.2. The standard InChI is InChI=1S/C12H20N2O/c1-3-11-4-5-12(14-10-11)6-7-13-8-9-15-2/h4-5,10,13H,3,6-9H2,1-2H3. The average molecular weight is 208 g/mol. The van der Waals surface area contributed by atoms with Gasteiger partial charge in [-0.05, 0) is 18.1 Å². The molecule has 1 rings (SSSR count). The minimum absolute atomic E-state index is 0.766. The maximum absolute atomic E-state index is 4.95. The van der Waals surface area contributed by atoms with E-state index >= 15 is 0 Å². The molecule has 0 atom stereocenters. The average Bonchev–Trinajstić information content (AvgIpc) is 2.30. The van der Waals surface area contributed by atoms with Gasteiger partial charge in [-0.25, -0.2) is 0 Å². The number of hydrogen-bond acceptors (Lipinski definition) is 3. The summed E-state index contributed by atoms with van der Waals surface area (Å²) in [6.07, 6.45) is 4.00. The molecule has 1 N–H and O–H groups in total. The minimum Gasteiger partial charge on any atom is -0.383 e. The molecule has 84 valence electrons. The van der Waals surface area contributed by atoms with Gasteiger partial charge in [-0.3, -0.25) is 4.98 Å². The first-order valence-electron chi connectivity index (χ1n) is 5.50. The van der Waals surface area contributed by atoms with Gasteiger partial charge in [0, 0.05) is 38.5 Å². The van der Waals surface area contributed by atoms with Crippen molar-refractivity contribution in [3.8, 4) is 0 Å². The molecule has 0 aliphatic rings. The Hall–Kier alpha value is -0.930. The molecule has 0 spiro atoms. The number of nitrogens with zero attached hydrogens (tertiary/aromatic N) is 1. The van der Waals surface area contributed by atoms with Crippen LogP contribution in [-0.4, -0.2) is 31.8 Å². The van der Waals surface area contributed by atoms with Gasteiger partial charge in [0.2, 0.25) is 0 Å². The quantitative estimate of drug-likeness (QED) is 0.688. The van der Waals surface area contributed by atoms with Gasteiger partial charge in [-0.2, -0.15) is 0 Å². The molecular formula is C12H20N2O. The summed E-state index contributed by atoms with van der Waals surface area (Å²) in [7, 11) is 1.71. The third-order valence-corrected chi connectivity index (χ3v) is 2.34. The van der Waals surface area contributed by atoms with Gasteiger partial charge in [0.1, 0.15) is 0 Å². The van der Waals surface area contributed by atoms with E-state index in [1.165, 1.54) is 5.56 Å². The molecule has 0 radical (unpaired) electrons. The summed E-state index contributed by atoms with van der Waals surface area (Å²) < 4.78 is 4.95. The third kappa shape index (κ3) is 4.91. The van der Waals surface area contributed by atoms with Crippen molar-refractivity contribution < 1.29 is 4.74 Å². The van der Waals surface area contributed by atoms with E-state index < -0.39 is 0 Å². The first-order valence-corrected chi connectivity index (χ1v) is 5.50. The van der Waals surface area contributed by atoms with Gasteiger partial charge in [-0.1, -0.05) is 13.0 Å². The van der Waals surface area contributed by atoms with Crippen molar-refractivity contribution in [3.63, 3.8) is 0 Å². The molecular weight excluding hydrogens is 188 g/mol. The molecule has 0 saturated heterocycles. The lowest BCUT2D eigenvalue weighted by molar-refractivity contribution is 0.199. The number of nitrogens with one attached hydrogen (secondary N) is 1. The van der Waals surface area contributed by atoms with Crippen LogP contribution in [0.25, 0.3) is 0 Å². The van der Waals surface area contributed by atoms with E-state index in [0.29, 0.717) is 0 Å². The van der Waals surface area contributed by atoms with Crippen molar-refractivity contribution in [1.82, 2.24) is 10.3 Å². The van der Waals surface area contributed by atoms with Crippen LogP contribution in [0.5, 0.6) is 0 Å². The lowest BCUT2D eigenvalue weighted by Crippen LogP contribution is -2.21. The van der Waals surface area contributed by atoms with Crippen LogP contribution in [0.4, 0.5) is 0 Å². The fourth-order valence-corrected chi connectivity index (χ4v) is 1.33. The highest BCUT2D eigenvalue weighted by Crippen LogP contribution is 2.00. The molecule has 15 heavy (non-hydrogen) atoms. The van der Waals surface area contributed by atoms with Crippen molar-refractivity contribution in [3.05, 3.63) is 29.6 Å². The first-order chi connectivity index (χ1) is 7.36. The number of aryl methyl sites for hydroxylation is 1. The Labute approximate surface area is 91.9 Å². The highest BCUT2D eigenvalue weighted by atomic mass is 16.5. The zero-order valence-corrected chi connectivity index (χ0v) is 9.62. The number of hydrogen-bond donors (Lipinski definition) is 1. The number of rotatable bonds is 7. The predicted molar refractivity (Wildman–Crippen MR) is 62.1 cm³/mol. The van der Waals surface area contributed by atoms with Crippen LogP contribution < -0.4 is 5.32 Å². The molecule has 0 aliphatic carbocycles. The van der Waals surface area contributed by atoms with Crippen molar-refractivity contribution in [1.29, 1.82) is 0 Å². The van der Waals surface area contributed by atoms with Gasteiger partial charge >= 0.3 is 0 Å². The van der Waals surface area contributed by atoms with Crippen LogP contribution in [0.2, 0.25) is 0 Å². The summed E-state index contributed by atoms with van der Waals surface area (Å²) in [5.41, 5.74) is 2.45. The van der Waals surface area contributed by atoms with Gasteiger partial charge < -0.3 is 10.1 Å². The van der Waals surface area contributed by atoms with E-state index in [9.17, 15) is 0 Å². The van der Waals surface area contributed by atoms with Gasteiger partial charge in [0.15, 0.2) is 0 Å². The summed E-state index contributed by atoms with van der Waals surface area (Å²) in [6, 6.07) is 4.26. The van der Waals surface area contributed by atoms with E-state index in [1.807, 2.05) is 6.20 Å². The van der Waals surface area contributed by atoms with E-state index in [0.717, 1.165) is 38.2 Å². The summed E-state index contributed by atoms with van der Waals surface area (Å²) in [6.45, 7) is 4.77. The van der Waals surface area contributed by atoms with Crippen LogP contribution in [0.1, 0.15) is 18.2 Å². The zero-order chi connectivity index (χ0) is 10.9. The van der Waals surface area contributed by atoms with Gasteiger partial charge in [0.25, 0.3) is 0 Å². The molecule has 0 fully saturated rings. The molecule has 0 unspecified atom stereocenters. The van der Waals surface area contributed by atoms with E-state index in [2.05, 4.69) is 29.4 Å². The molecule has 0 aliphatic heterocycles. The minimum atomic E-state index is 0.766. The van der Waals surface area contributed by atoms with Crippen LogP contribution >= 0.6 is 0 Å². The third-order valence-electron chi connectivity index (χ3n) is 2.34. The van der Waals surface area contributed by atoms with E-state index in [-0.39, 0.29) is 0 Å². The number of pyridine rings is 1. The normalized spacial score (nSPS) is 10.5. The van der Waals surface area contributed by atoms with Crippen molar-refractivity contribution in [2.24, 2.45) is 0 Å². The van der Waals surface area contributed by atoms with Crippen LogP contribution in [-0.2, 0) is 17.6 Å². The van der Waals surface area contributed by atoms with Crippen molar-refractivity contribution >= 4 is 0 Å². The highest BCUT2D eigenvalue weighted by Gasteiger charge is 1.94. The predicted octanol–water partition coefficient (Wildman–Crippen LogP) is 1.42. The smallest absolute Gasteiger partial charge is 0.0587 e. The summed E-state index contributed by atoms with van der Waals surface area (Å²) in [5, 5.41) is 3.30. The summed E-state index contributed by atoms with van der Waals surface area (Å²) >= 11 is 0. The Morgan fingerprint density at radius 2 is 2.20 bits per heavy atom. The van der Waals surface area contributed by atoms with Crippen LogP contribution in [0, 0.1) is 0 Å². The molecule has 1 heterocycles. The highest BCUT2D eigenvalue weighted by molar-refractivity contribution is 5.13. The number of aromatic nitrogens is 1. The van der Waals surface area contributed by atoms with E-state index in [4.69, 9.17) is 4.74 Å². The molecule has 3 heteroatoms. The molecule has 0 amide bonds. The topological polar surface area (TPSA) is 34.1 Å². The monoisotopic (exact) mass is 208 g/mol. The Morgan fingerprint density at radius 3 is 2.80 bits per heavy atom. The zero-order valence-electron chi connectivity index (χ0n) is 9.62. The Balaban J connectivity index is 2.20. The second-order valence-electron chi connectivity index (χ2n) is 3.50. The second-order valence-corrected chi connectivity index (χ2v) is 3.50. The van der Waals surface area contributed by atoms with Crippen molar-refractivity contribution in [2.75, 3.05) is 26.8 Å². The Morgan fingerprint density at radius 1 is 1.33 bits per heavy atom.